The summed E-state index contributed by atoms with van der Waals surface area (Å²) < 4.78 is 1.94. The molecular weight excluding hydrogens is 224 g/mol. The van der Waals surface area contributed by atoms with E-state index in [2.05, 4.69) is 10.3 Å². The quantitative estimate of drug-likeness (QED) is 0.874. The van der Waals surface area contributed by atoms with Crippen LogP contribution in [0.1, 0.15) is 51.4 Å². The molecule has 1 saturated carbocycles. The number of aryl methyl sites for hydroxylation is 1. The normalized spacial score (nSPS) is 25.6. The summed E-state index contributed by atoms with van der Waals surface area (Å²) in [5.74, 6) is 1.69. The van der Waals surface area contributed by atoms with Gasteiger partial charge in [-0.15, -0.1) is 5.10 Å². The average molecular weight is 250 g/mol. The van der Waals surface area contributed by atoms with Crippen LogP contribution in [0.5, 0.6) is 0 Å². The van der Waals surface area contributed by atoms with E-state index in [0.29, 0.717) is 0 Å². The molecule has 0 saturated heterocycles. The van der Waals surface area contributed by atoms with Gasteiger partial charge in [0.1, 0.15) is 0 Å². The molecule has 2 rings (SSSR count). The van der Waals surface area contributed by atoms with E-state index in [0.717, 1.165) is 24.9 Å². The van der Waals surface area contributed by atoms with Gasteiger partial charge in [0.25, 0.3) is 0 Å². The zero-order valence-electron chi connectivity index (χ0n) is 11.3. The molecule has 0 spiro atoms. The summed E-state index contributed by atoms with van der Waals surface area (Å²) in [6.45, 7) is 1.89. The Bertz CT molecular complexity index is 310. The predicted molar refractivity (Wildman–Crippen MR) is 73.0 cm³/mol. The second-order valence-corrected chi connectivity index (χ2v) is 5.64. The molecule has 1 aliphatic carbocycles. The van der Waals surface area contributed by atoms with Crippen LogP contribution < -0.4 is 5.73 Å². The Morgan fingerprint density at radius 2 is 1.89 bits per heavy atom. The maximum atomic E-state index is 5.81. The molecule has 102 valence electrons. The summed E-state index contributed by atoms with van der Waals surface area (Å²) in [6.07, 6.45) is 14.5. The standard InChI is InChI=1S/C14H26N4/c15-12-14-5-2-1-4-13(7-8-14)6-3-10-18-11-9-16-17-18/h9,11,13-14H,1-8,10,12,15H2. The van der Waals surface area contributed by atoms with E-state index in [-0.39, 0.29) is 0 Å². The lowest BCUT2D eigenvalue weighted by atomic mass is 9.83. The van der Waals surface area contributed by atoms with Crippen LogP contribution in [0.2, 0.25) is 0 Å². The number of aromatic nitrogens is 3. The van der Waals surface area contributed by atoms with Gasteiger partial charge in [0.2, 0.25) is 0 Å². The molecule has 4 heteroatoms. The molecule has 0 radical (unpaired) electrons. The summed E-state index contributed by atoms with van der Waals surface area (Å²) in [6, 6.07) is 0. The van der Waals surface area contributed by atoms with Gasteiger partial charge >= 0.3 is 0 Å². The zero-order chi connectivity index (χ0) is 12.6. The predicted octanol–water partition coefficient (Wildman–Crippen LogP) is 2.60. The molecule has 18 heavy (non-hydrogen) atoms. The van der Waals surface area contributed by atoms with E-state index in [1.165, 1.54) is 51.4 Å². The Kier molecular flexibility index (Phi) is 5.65. The molecule has 1 aromatic rings. The molecule has 0 amide bonds. The van der Waals surface area contributed by atoms with E-state index < -0.39 is 0 Å². The second-order valence-electron chi connectivity index (χ2n) is 5.64. The lowest BCUT2D eigenvalue weighted by Gasteiger charge is -2.24. The van der Waals surface area contributed by atoms with Crippen LogP contribution in [0.25, 0.3) is 0 Å². The van der Waals surface area contributed by atoms with Crippen molar-refractivity contribution in [2.75, 3.05) is 6.54 Å². The Morgan fingerprint density at radius 3 is 2.61 bits per heavy atom. The molecule has 1 heterocycles. The van der Waals surface area contributed by atoms with Gasteiger partial charge in [-0.3, -0.25) is 4.68 Å². The minimum Gasteiger partial charge on any atom is -0.330 e. The van der Waals surface area contributed by atoms with Gasteiger partial charge < -0.3 is 5.73 Å². The largest absolute Gasteiger partial charge is 0.330 e. The molecule has 1 aliphatic rings. The highest BCUT2D eigenvalue weighted by atomic mass is 15.4. The third-order valence-corrected chi connectivity index (χ3v) is 4.26. The number of rotatable bonds is 5. The second kappa shape index (κ2) is 7.52. The van der Waals surface area contributed by atoms with Gasteiger partial charge in [0, 0.05) is 12.7 Å². The summed E-state index contributed by atoms with van der Waals surface area (Å²) in [5, 5.41) is 7.84. The fourth-order valence-electron chi connectivity index (χ4n) is 3.04. The van der Waals surface area contributed by atoms with Crippen molar-refractivity contribution in [2.45, 2.75) is 57.9 Å². The highest BCUT2D eigenvalue weighted by Gasteiger charge is 2.16. The van der Waals surface area contributed by atoms with Crippen molar-refractivity contribution in [3.63, 3.8) is 0 Å². The van der Waals surface area contributed by atoms with Crippen LogP contribution in [0, 0.1) is 11.8 Å². The molecule has 2 unspecified atom stereocenters. The fraction of sp³-hybridized carbons (Fsp3) is 0.857. The Balaban J connectivity index is 1.67. The first-order valence-electron chi connectivity index (χ1n) is 7.42. The van der Waals surface area contributed by atoms with Crippen LogP contribution in [0.3, 0.4) is 0 Å². The van der Waals surface area contributed by atoms with Gasteiger partial charge in [-0.05, 0) is 44.1 Å². The topological polar surface area (TPSA) is 56.7 Å². The maximum Gasteiger partial charge on any atom is 0.0692 e. The van der Waals surface area contributed by atoms with Crippen molar-refractivity contribution in [3.8, 4) is 0 Å². The van der Waals surface area contributed by atoms with Crippen LogP contribution in [0.15, 0.2) is 12.4 Å². The van der Waals surface area contributed by atoms with Gasteiger partial charge in [0.05, 0.1) is 6.20 Å². The molecule has 2 N–H and O–H groups in total. The molecule has 1 aromatic heterocycles. The Hall–Kier alpha value is -0.900. The highest BCUT2D eigenvalue weighted by molar-refractivity contribution is 4.70. The molecule has 2 atom stereocenters. The number of nitrogens with zero attached hydrogens (tertiary/aromatic N) is 3. The van der Waals surface area contributed by atoms with Crippen LogP contribution in [0.4, 0.5) is 0 Å². The SMILES string of the molecule is NCC1CCCCC(CCCn2ccnn2)CC1. The molecule has 4 nitrogen and oxygen atoms in total. The highest BCUT2D eigenvalue weighted by Crippen LogP contribution is 2.28. The van der Waals surface area contributed by atoms with Crippen LogP contribution in [-0.2, 0) is 6.54 Å². The third-order valence-electron chi connectivity index (χ3n) is 4.26. The Labute approximate surface area is 110 Å². The summed E-state index contributed by atoms with van der Waals surface area (Å²) in [7, 11) is 0. The first-order chi connectivity index (χ1) is 8.88. The number of hydrogen-bond donors (Lipinski definition) is 1. The van der Waals surface area contributed by atoms with Gasteiger partial charge in [-0.1, -0.05) is 30.9 Å². The van der Waals surface area contributed by atoms with E-state index >= 15 is 0 Å². The number of nitrogens with two attached hydrogens (primary N) is 1. The fourth-order valence-corrected chi connectivity index (χ4v) is 3.04. The third kappa shape index (κ3) is 4.41. The van der Waals surface area contributed by atoms with E-state index in [4.69, 9.17) is 5.73 Å². The first kappa shape index (κ1) is 13.5. The van der Waals surface area contributed by atoms with Crippen molar-refractivity contribution >= 4 is 0 Å². The lowest BCUT2D eigenvalue weighted by Crippen LogP contribution is -2.18. The summed E-state index contributed by atoms with van der Waals surface area (Å²) in [5.41, 5.74) is 5.81. The van der Waals surface area contributed by atoms with Gasteiger partial charge in [-0.25, -0.2) is 0 Å². The van der Waals surface area contributed by atoms with Crippen molar-refractivity contribution in [3.05, 3.63) is 12.4 Å². The van der Waals surface area contributed by atoms with Crippen molar-refractivity contribution in [1.82, 2.24) is 15.0 Å². The van der Waals surface area contributed by atoms with Gasteiger partial charge in [-0.2, -0.15) is 0 Å². The van der Waals surface area contributed by atoms with Crippen molar-refractivity contribution in [1.29, 1.82) is 0 Å². The van der Waals surface area contributed by atoms with E-state index in [1.54, 1.807) is 6.20 Å². The van der Waals surface area contributed by atoms with Crippen molar-refractivity contribution in [2.24, 2.45) is 17.6 Å². The maximum absolute atomic E-state index is 5.81. The van der Waals surface area contributed by atoms with Crippen LogP contribution >= 0.6 is 0 Å². The minimum atomic E-state index is 0.781. The molecular formula is C14H26N4. The van der Waals surface area contributed by atoms with Gasteiger partial charge in [0.15, 0.2) is 0 Å². The molecule has 1 fully saturated rings. The molecule has 0 aromatic carbocycles. The summed E-state index contributed by atoms with van der Waals surface area (Å²) >= 11 is 0. The van der Waals surface area contributed by atoms with E-state index in [1.807, 2.05) is 10.9 Å². The summed E-state index contributed by atoms with van der Waals surface area (Å²) in [4.78, 5) is 0. The van der Waals surface area contributed by atoms with E-state index in [9.17, 15) is 0 Å². The monoisotopic (exact) mass is 250 g/mol. The molecule has 0 bridgehead atoms. The van der Waals surface area contributed by atoms with Crippen molar-refractivity contribution < 1.29 is 0 Å². The number of hydrogen-bond acceptors (Lipinski definition) is 3. The smallest absolute Gasteiger partial charge is 0.0692 e. The Morgan fingerprint density at radius 1 is 1.11 bits per heavy atom. The molecule has 0 aliphatic heterocycles. The zero-order valence-corrected chi connectivity index (χ0v) is 11.3. The van der Waals surface area contributed by atoms with Crippen LogP contribution in [-0.4, -0.2) is 21.5 Å². The minimum absolute atomic E-state index is 0.781. The first-order valence-corrected chi connectivity index (χ1v) is 7.42. The average Bonchev–Trinajstić information content (AvgIpc) is 2.85. The lowest BCUT2D eigenvalue weighted by molar-refractivity contribution is 0.295.